The number of rotatable bonds is 10. The summed E-state index contributed by atoms with van der Waals surface area (Å²) in [7, 11) is 3.15. The molecule has 0 bridgehead atoms. The molecule has 2 aromatic heterocycles. The van der Waals surface area contributed by atoms with Crippen LogP contribution in [-0.4, -0.2) is 48.3 Å². The van der Waals surface area contributed by atoms with Crippen LogP contribution in [0.1, 0.15) is 48.8 Å². The summed E-state index contributed by atoms with van der Waals surface area (Å²) in [6.45, 7) is 2.83. The number of pyridine rings is 2. The van der Waals surface area contributed by atoms with E-state index in [4.69, 9.17) is 24.1 Å². The molecular formula is C23H30N2O6. The van der Waals surface area contributed by atoms with E-state index in [-0.39, 0.29) is 12.4 Å². The summed E-state index contributed by atoms with van der Waals surface area (Å²) in [4.78, 5) is 19.2. The molecule has 2 aliphatic carbocycles. The minimum atomic E-state index is -0.0796. The Balaban J connectivity index is 0.000000176. The van der Waals surface area contributed by atoms with Crippen molar-refractivity contribution >= 4 is 5.78 Å². The average Bonchev–Trinajstić information content (AvgIpc) is 3.71. The number of carbonyl (C=O) groups excluding carboxylic acids is 1. The lowest BCUT2D eigenvalue weighted by Gasteiger charge is -2.10. The van der Waals surface area contributed by atoms with Crippen LogP contribution in [0.15, 0.2) is 24.5 Å². The zero-order chi connectivity index (χ0) is 22.2. The topological polar surface area (TPSA) is 100 Å². The van der Waals surface area contributed by atoms with Gasteiger partial charge in [-0.25, -0.2) is 4.98 Å². The molecule has 2 saturated carbocycles. The molecule has 8 heteroatoms. The molecule has 31 heavy (non-hydrogen) atoms. The van der Waals surface area contributed by atoms with Crippen molar-refractivity contribution in [3.05, 3.63) is 35.9 Å². The summed E-state index contributed by atoms with van der Waals surface area (Å²) in [5.74, 6) is 3.76. The molecular weight excluding hydrogens is 400 g/mol. The Labute approximate surface area is 182 Å². The minimum Gasteiger partial charge on any atom is -0.491 e. The van der Waals surface area contributed by atoms with E-state index in [1.807, 2.05) is 0 Å². The van der Waals surface area contributed by atoms with Gasteiger partial charge >= 0.3 is 0 Å². The summed E-state index contributed by atoms with van der Waals surface area (Å²) >= 11 is 0. The molecule has 0 spiro atoms. The van der Waals surface area contributed by atoms with E-state index >= 15 is 0 Å². The van der Waals surface area contributed by atoms with Gasteiger partial charge in [-0.15, -0.1) is 0 Å². The highest BCUT2D eigenvalue weighted by Gasteiger charge is 2.23. The van der Waals surface area contributed by atoms with E-state index < -0.39 is 0 Å². The van der Waals surface area contributed by atoms with Crippen LogP contribution in [0.4, 0.5) is 0 Å². The van der Waals surface area contributed by atoms with Gasteiger partial charge in [-0.2, -0.15) is 0 Å². The zero-order valence-corrected chi connectivity index (χ0v) is 18.3. The molecule has 0 radical (unpaired) electrons. The summed E-state index contributed by atoms with van der Waals surface area (Å²) in [5.41, 5.74) is 1.01. The molecule has 0 saturated heterocycles. The van der Waals surface area contributed by atoms with E-state index in [1.54, 1.807) is 32.5 Å². The Morgan fingerprint density at radius 2 is 1.42 bits per heavy atom. The van der Waals surface area contributed by atoms with Gasteiger partial charge in [0.05, 0.1) is 52.1 Å². The number of aliphatic hydroxyl groups excluding tert-OH is 1. The van der Waals surface area contributed by atoms with Gasteiger partial charge in [0.25, 0.3) is 0 Å². The largest absolute Gasteiger partial charge is 0.491 e. The SMILES string of the molecule is COc1cnc(C(C)=O)cc1OCC1CC1.COc1cnc(CO)cc1OCC1CC1. The van der Waals surface area contributed by atoms with Gasteiger partial charge < -0.3 is 24.1 Å². The smallest absolute Gasteiger partial charge is 0.179 e. The molecule has 4 rings (SSSR count). The number of Topliss-reactive ketones (excluding diaryl/α,β-unsaturated/α-hetero) is 1. The summed E-state index contributed by atoms with van der Waals surface area (Å²) in [6.07, 6.45) is 8.06. The number of ether oxygens (including phenoxy) is 4. The summed E-state index contributed by atoms with van der Waals surface area (Å²) in [5, 5.41) is 8.96. The second-order valence-electron chi connectivity index (χ2n) is 7.77. The molecule has 0 atom stereocenters. The average molecular weight is 431 g/mol. The Bertz CT molecular complexity index is 880. The molecule has 2 fully saturated rings. The Kier molecular flexibility index (Phi) is 8.06. The summed E-state index contributed by atoms with van der Waals surface area (Å²) in [6, 6.07) is 3.37. The minimum absolute atomic E-state index is 0.0704. The van der Waals surface area contributed by atoms with Gasteiger partial charge in [0, 0.05) is 19.1 Å². The first-order valence-corrected chi connectivity index (χ1v) is 10.5. The summed E-state index contributed by atoms with van der Waals surface area (Å²) < 4.78 is 21.5. The first-order valence-electron chi connectivity index (χ1n) is 10.5. The number of nitrogens with zero attached hydrogens (tertiary/aromatic N) is 2. The van der Waals surface area contributed by atoms with E-state index in [2.05, 4.69) is 9.97 Å². The molecule has 0 aromatic carbocycles. The van der Waals surface area contributed by atoms with Crippen LogP contribution in [0.5, 0.6) is 23.0 Å². The first kappa shape index (κ1) is 22.8. The van der Waals surface area contributed by atoms with Crippen molar-refractivity contribution in [3.63, 3.8) is 0 Å². The van der Waals surface area contributed by atoms with E-state index in [0.717, 1.165) is 6.61 Å². The van der Waals surface area contributed by atoms with Crippen LogP contribution >= 0.6 is 0 Å². The molecule has 2 aromatic rings. The molecule has 0 aliphatic heterocycles. The first-order chi connectivity index (χ1) is 15.0. The maximum absolute atomic E-state index is 11.2. The predicted molar refractivity (Wildman–Crippen MR) is 114 cm³/mol. The Hall–Kier alpha value is -2.87. The lowest BCUT2D eigenvalue weighted by atomic mass is 10.2. The van der Waals surface area contributed by atoms with Crippen LogP contribution in [0, 0.1) is 11.8 Å². The second kappa shape index (κ2) is 10.9. The highest BCUT2D eigenvalue weighted by atomic mass is 16.5. The number of hydrogen-bond donors (Lipinski definition) is 1. The lowest BCUT2D eigenvalue weighted by Crippen LogP contribution is -2.04. The third-order valence-corrected chi connectivity index (χ3v) is 5.03. The van der Waals surface area contributed by atoms with Crippen molar-refractivity contribution < 1.29 is 28.8 Å². The Morgan fingerprint density at radius 3 is 1.87 bits per heavy atom. The second-order valence-corrected chi connectivity index (χ2v) is 7.77. The molecule has 2 heterocycles. The number of hydrogen-bond acceptors (Lipinski definition) is 8. The van der Waals surface area contributed by atoms with Crippen LogP contribution in [0.2, 0.25) is 0 Å². The third kappa shape index (κ3) is 7.10. The van der Waals surface area contributed by atoms with Crippen molar-refractivity contribution in [2.45, 2.75) is 39.2 Å². The molecule has 8 nitrogen and oxygen atoms in total. The van der Waals surface area contributed by atoms with E-state index in [1.165, 1.54) is 38.8 Å². The number of aromatic nitrogens is 2. The maximum atomic E-state index is 11.2. The monoisotopic (exact) mass is 430 g/mol. The number of carbonyl (C=O) groups is 1. The van der Waals surface area contributed by atoms with Crippen molar-refractivity contribution in [1.82, 2.24) is 9.97 Å². The van der Waals surface area contributed by atoms with Crippen LogP contribution in [0.3, 0.4) is 0 Å². The number of methoxy groups -OCH3 is 2. The standard InChI is InChI=1S/C12H15NO3.C11H15NO3/c1-8(14)10-5-11(12(15-2)6-13-10)16-7-9-3-4-9;1-14-11-5-12-9(6-13)4-10(11)15-7-8-2-3-8/h5-6,9H,3-4,7H2,1-2H3;4-5,8,13H,2-3,6-7H2,1H3. The van der Waals surface area contributed by atoms with Crippen molar-refractivity contribution in [1.29, 1.82) is 0 Å². The highest BCUT2D eigenvalue weighted by molar-refractivity contribution is 5.92. The van der Waals surface area contributed by atoms with Crippen molar-refractivity contribution in [3.8, 4) is 23.0 Å². The zero-order valence-electron chi connectivity index (χ0n) is 18.3. The highest BCUT2D eigenvalue weighted by Crippen LogP contribution is 2.33. The van der Waals surface area contributed by atoms with Gasteiger partial charge in [0.1, 0.15) is 5.69 Å². The number of ketones is 1. The molecule has 2 aliphatic rings. The fourth-order valence-corrected chi connectivity index (χ4v) is 2.68. The van der Waals surface area contributed by atoms with E-state index in [9.17, 15) is 4.79 Å². The van der Waals surface area contributed by atoms with Gasteiger partial charge in [-0.05, 0) is 37.5 Å². The van der Waals surface area contributed by atoms with Gasteiger partial charge in [-0.1, -0.05) is 0 Å². The lowest BCUT2D eigenvalue weighted by molar-refractivity contribution is 0.101. The Morgan fingerprint density at radius 1 is 0.903 bits per heavy atom. The van der Waals surface area contributed by atoms with Gasteiger partial charge in [-0.3, -0.25) is 9.78 Å². The maximum Gasteiger partial charge on any atom is 0.179 e. The molecule has 0 amide bonds. The molecule has 0 unspecified atom stereocenters. The van der Waals surface area contributed by atoms with Crippen LogP contribution in [-0.2, 0) is 6.61 Å². The quantitative estimate of drug-likeness (QED) is 0.572. The molecule has 1 N–H and O–H groups in total. The van der Waals surface area contributed by atoms with Crippen molar-refractivity contribution in [2.75, 3.05) is 27.4 Å². The van der Waals surface area contributed by atoms with Crippen LogP contribution < -0.4 is 18.9 Å². The number of aliphatic hydroxyl groups is 1. The third-order valence-electron chi connectivity index (χ3n) is 5.03. The fourth-order valence-electron chi connectivity index (χ4n) is 2.68. The molecule has 168 valence electrons. The van der Waals surface area contributed by atoms with Crippen LogP contribution in [0.25, 0.3) is 0 Å². The van der Waals surface area contributed by atoms with Crippen molar-refractivity contribution in [2.24, 2.45) is 11.8 Å². The van der Waals surface area contributed by atoms with E-state index in [0.29, 0.717) is 52.8 Å². The predicted octanol–water partition coefficient (Wildman–Crippen LogP) is 3.45. The van der Waals surface area contributed by atoms with Gasteiger partial charge in [0.2, 0.25) is 0 Å². The fraction of sp³-hybridized carbons (Fsp3) is 0.522. The normalized spacial score (nSPS) is 14.8. The van der Waals surface area contributed by atoms with Gasteiger partial charge in [0.15, 0.2) is 28.8 Å².